The third-order valence-corrected chi connectivity index (χ3v) is 3.56. The zero-order valence-electron chi connectivity index (χ0n) is 11.2. The Bertz CT molecular complexity index is 575. The first-order chi connectivity index (χ1) is 9.22. The van der Waals surface area contributed by atoms with Gasteiger partial charge in [0.2, 0.25) is 0 Å². The predicted octanol–water partition coefficient (Wildman–Crippen LogP) is 2.90. The molecule has 0 saturated heterocycles. The molecule has 0 atom stereocenters. The largest absolute Gasteiger partial charge is 0.337 e. The summed E-state index contributed by atoms with van der Waals surface area (Å²) in [5.74, 6) is 0.788. The molecular weight excluding hydrogens is 256 g/mol. The van der Waals surface area contributed by atoms with E-state index >= 15 is 0 Å². The normalized spacial score (nSPS) is 11.3. The van der Waals surface area contributed by atoms with Crippen LogP contribution in [0.4, 0.5) is 0 Å². The van der Waals surface area contributed by atoms with Crippen LogP contribution in [0.3, 0.4) is 0 Å². The molecule has 0 aliphatic heterocycles. The van der Waals surface area contributed by atoms with Crippen LogP contribution in [-0.4, -0.2) is 15.0 Å². The maximum Gasteiger partial charge on any atom is 0.166 e. The van der Waals surface area contributed by atoms with Crippen molar-refractivity contribution < 1.29 is 0 Å². The number of allylic oxidation sites excluding steroid dienone is 1. The van der Waals surface area contributed by atoms with E-state index in [-0.39, 0.29) is 0 Å². The summed E-state index contributed by atoms with van der Waals surface area (Å²) in [6.07, 6.45) is 3.99. The maximum absolute atomic E-state index is 5.59. The number of pyridine rings is 1. The van der Waals surface area contributed by atoms with Crippen molar-refractivity contribution in [3.8, 4) is 0 Å². The molecule has 0 amide bonds. The molecule has 2 rings (SSSR count). The first-order valence-electron chi connectivity index (χ1n) is 6.20. The Balaban J connectivity index is 2.03. The van der Waals surface area contributed by atoms with E-state index < -0.39 is 0 Å². The number of imidazole rings is 1. The summed E-state index contributed by atoms with van der Waals surface area (Å²) >= 11 is 1.65. The zero-order valence-corrected chi connectivity index (χ0v) is 12.0. The minimum atomic E-state index is 0.476. The molecule has 0 aliphatic carbocycles. The summed E-state index contributed by atoms with van der Waals surface area (Å²) in [4.78, 5) is 12.3. The molecule has 0 unspecified atom stereocenters. The van der Waals surface area contributed by atoms with Crippen molar-refractivity contribution in [2.75, 3.05) is 0 Å². The molecule has 4 nitrogen and oxygen atoms in total. The lowest BCUT2D eigenvalue weighted by Gasteiger charge is -2.01. The fourth-order valence-electron chi connectivity index (χ4n) is 1.70. The second-order valence-corrected chi connectivity index (χ2v) is 5.13. The van der Waals surface area contributed by atoms with Crippen LogP contribution in [0.2, 0.25) is 0 Å². The van der Waals surface area contributed by atoms with Crippen LogP contribution in [0.1, 0.15) is 29.7 Å². The maximum atomic E-state index is 5.59. The van der Waals surface area contributed by atoms with E-state index in [1.54, 1.807) is 11.8 Å². The number of nitrogens with one attached hydrogen (secondary N) is 1. The third-order valence-electron chi connectivity index (χ3n) is 2.66. The van der Waals surface area contributed by atoms with E-state index in [4.69, 9.17) is 5.73 Å². The van der Waals surface area contributed by atoms with Crippen LogP contribution in [0.5, 0.6) is 0 Å². The van der Waals surface area contributed by atoms with Crippen LogP contribution in [-0.2, 0) is 12.3 Å². The Kier molecular flexibility index (Phi) is 4.76. The van der Waals surface area contributed by atoms with Gasteiger partial charge in [-0.25, -0.2) is 4.98 Å². The summed E-state index contributed by atoms with van der Waals surface area (Å²) < 4.78 is 0. The topological polar surface area (TPSA) is 67.6 Å². The molecule has 2 aromatic heterocycles. The number of rotatable bonds is 5. The lowest BCUT2D eigenvalue weighted by molar-refractivity contribution is 0.962. The highest BCUT2D eigenvalue weighted by molar-refractivity contribution is 7.98. The van der Waals surface area contributed by atoms with Crippen LogP contribution in [0, 0.1) is 6.92 Å². The standard InChI is InChI=1S/C14H18N4S/c1-3-5-13-10(2)16-14(18-13)19-9-12-7-4-6-11(8-15)17-12/h3-7H,8-9,15H2,1-2H3,(H,16,18)/b5-3-. The molecule has 2 aromatic rings. The molecule has 19 heavy (non-hydrogen) atoms. The minimum Gasteiger partial charge on any atom is -0.337 e. The lowest BCUT2D eigenvalue weighted by atomic mass is 10.3. The third kappa shape index (κ3) is 3.68. The van der Waals surface area contributed by atoms with Gasteiger partial charge in [-0.1, -0.05) is 23.9 Å². The Morgan fingerprint density at radius 2 is 2.11 bits per heavy atom. The van der Waals surface area contributed by atoms with Crippen molar-refractivity contribution in [2.45, 2.75) is 31.3 Å². The van der Waals surface area contributed by atoms with Crippen molar-refractivity contribution in [3.05, 3.63) is 47.1 Å². The van der Waals surface area contributed by atoms with E-state index in [0.29, 0.717) is 6.54 Å². The van der Waals surface area contributed by atoms with Crippen molar-refractivity contribution in [3.63, 3.8) is 0 Å². The molecule has 2 heterocycles. The smallest absolute Gasteiger partial charge is 0.166 e. The van der Waals surface area contributed by atoms with Gasteiger partial charge in [-0.05, 0) is 32.1 Å². The van der Waals surface area contributed by atoms with Crippen LogP contribution < -0.4 is 5.73 Å². The van der Waals surface area contributed by atoms with Gasteiger partial charge in [-0.15, -0.1) is 0 Å². The second-order valence-electron chi connectivity index (χ2n) is 4.17. The van der Waals surface area contributed by atoms with E-state index in [0.717, 1.165) is 33.7 Å². The van der Waals surface area contributed by atoms with Crippen molar-refractivity contribution >= 4 is 17.8 Å². The molecule has 3 N–H and O–H groups in total. The van der Waals surface area contributed by atoms with Gasteiger partial charge in [0.15, 0.2) is 5.16 Å². The molecule has 0 radical (unpaired) electrons. The van der Waals surface area contributed by atoms with Gasteiger partial charge < -0.3 is 10.7 Å². The van der Waals surface area contributed by atoms with Crippen LogP contribution in [0.25, 0.3) is 6.08 Å². The number of aromatic amines is 1. The zero-order chi connectivity index (χ0) is 13.7. The summed E-state index contributed by atoms with van der Waals surface area (Å²) in [6.45, 7) is 4.49. The summed E-state index contributed by atoms with van der Waals surface area (Å²) in [5, 5.41) is 0.922. The van der Waals surface area contributed by atoms with Gasteiger partial charge in [-0.2, -0.15) is 0 Å². The fraction of sp³-hybridized carbons (Fsp3) is 0.286. The number of H-pyrrole nitrogens is 1. The van der Waals surface area contributed by atoms with Gasteiger partial charge in [0.1, 0.15) is 0 Å². The second kappa shape index (κ2) is 6.54. The Labute approximate surface area is 117 Å². The molecular formula is C14H18N4S. The van der Waals surface area contributed by atoms with E-state index in [1.165, 1.54) is 0 Å². The predicted molar refractivity (Wildman–Crippen MR) is 79.7 cm³/mol. The fourth-order valence-corrected chi connectivity index (χ4v) is 2.53. The Hall–Kier alpha value is -1.59. The molecule has 0 aliphatic rings. The average molecular weight is 274 g/mol. The van der Waals surface area contributed by atoms with Crippen molar-refractivity contribution in [1.82, 2.24) is 15.0 Å². The Morgan fingerprint density at radius 3 is 2.84 bits per heavy atom. The van der Waals surface area contributed by atoms with E-state index in [9.17, 15) is 0 Å². The SMILES string of the molecule is C/C=C\c1nc(SCc2cccc(CN)n2)[nH]c1C. The number of nitrogens with two attached hydrogens (primary N) is 1. The van der Waals surface area contributed by atoms with E-state index in [1.807, 2.05) is 44.2 Å². The summed E-state index contributed by atoms with van der Waals surface area (Å²) in [5.41, 5.74) is 9.61. The van der Waals surface area contributed by atoms with Gasteiger partial charge in [0.05, 0.1) is 17.1 Å². The van der Waals surface area contributed by atoms with Gasteiger partial charge in [-0.3, -0.25) is 4.98 Å². The number of nitrogens with zero attached hydrogens (tertiary/aromatic N) is 2. The number of hydrogen-bond donors (Lipinski definition) is 2. The van der Waals surface area contributed by atoms with E-state index in [2.05, 4.69) is 15.0 Å². The summed E-state index contributed by atoms with van der Waals surface area (Å²) in [7, 11) is 0. The van der Waals surface area contributed by atoms with Crippen LogP contribution >= 0.6 is 11.8 Å². The van der Waals surface area contributed by atoms with Gasteiger partial charge in [0.25, 0.3) is 0 Å². The van der Waals surface area contributed by atoms with Crippen molar-refractivity contribution in [2.24, 2.45) is 5.73 Å². The molecule has 5 heteroatoms. The molecule has 0 bridgehead atoms. The highest BCUT2D eigenvalue weighted by Crippen LogP contribution is 2.21. The lowest BCUT2D eigenvalue weighted by Crippen LogP contribution is -2.00. The first-order valence-corrected chi connectivity index (χ1v) is 7.18. The number of aromatic nitrogens is 3. The number of thioether (sulfide) groups is 1. The first kappa shape index (κ1) is 13.8. The highest BCUT2D eigenvalue weighted by Gasteiger charge is 2.05. The minimum absolute atomic E-state index is 0.476. The number of aryl methyl sites for hydroxylation is 1. The molecule has 0 saturated carbocycles. The molecule has 100 valence electrons. The quantitative estimate of drug-likeness (QED) is 0.823. The number of hydrogen-bond acceptors (Lipinski definition) is 4. The average Bonchev–Trinajstić information content (AvgIpc) is 2.78. The molecule has 0 spiro atoms. The van der Waals surface area contributed by atoms with Crippen molar-refractivity contribution in [1.29, 1.82) is 0 Å². The molecule has 0 fully saturated rings. The monoisotopic (exact) mass is 274 g/mol. The molecule has 0 aromatic carbocycles. The summed E-state index contributed by atoms with van der Waals surface area (Å²) in [6, 6.07) is 5.94. The van der Waals surface area contributed by atoms with Gasteiger partial charge in [0, 0.05) is 18.0 Å². The van der Waals surface area contributed by atoms with Gasteiger partial charge >= 0.3 is 0 Å². The highest BCUT2D eigenvalue weighted by atomic mass is 32.2. The van der Waals surface area contributed by atoms with Crippen LogP contribution in [0.15, 0.2) is 29.4 Å². The Morgan fingerprint density at radius 1 is 1.32 bits per heavy atom.